The number of nitro groups is 1. The average Bonchev–Trinajstić information content (AvgIpc) is 2.38. The molecule has 21 heavy (non-hydrogen) atoms. The van der Waals surface area contributed by atoms with E-state index in [4.69, 9.17) is 0 Å². The van der Waals surface area contributed by atoms with Crippen LogP contribution >= 0.6 is 0 Å². The predicted octanol–water partition coefficient (Wildman–Crippen LogP) is 3.18. The van der Waals surface area contributed by atoms with E-state index >= 15 is 0 Å². The number of halogens is 2. The van der Waals surface area contributed by atoms with Gasteiger partial charge in [0.2, 0.25) is 5.82 Å². The number of carbonyl (C=O) groups excluding carboxylic acids is 1. The zero-order valence-electron chi connectivity index (χ0n) is 11.6. The van der Waals surface area contributed by atoms with Crippen LogP contribution in [0.2, 0.25) is 0 Å². The molecule has 5 nitrogen and oxygen atoms in total. The molecule has 0 radical (unpaired) electrons. The molecule has 0 heterocycles. The van der Waals surface area contributed by atoms with Gasteiger partial charge < -0.3 is 5.32 Å². The average molecular weight is 298 g/mol. The molecule has 114 valence electrons. The van der Waals surface area contributed by atoms with Crippen molar-refractivity contribution in [3.63, 3.8) is 0 Å². The molecule has 7 heteroatoms. The number of amides is 1. The van der Waals surface area contributed by atoms with Gasteiger partial charge in [-0.25, -0.2) is 4.39 Å². The summed E-state index contributed by atoms with van der Waals surface area (Å²) in [4.78, 5) is 21.7. The van der Waals surface area contributed by atoms with E-state index < -0.39 is 33.7 Å². The number of nitrogens with one attached hydrogen (secondary N) is 1. The van der Waals surface area contributed by atoms with Crippen LogP contribution in [0, 0.1) is 27.7 Å². The van der Waals surface area contributed by atoms with Crippen LogP contribution in [-0.4, -0.2) is 16.9 Å². The fourth-order valence-corrected chi connectivity index (χ4v) is 2.71. The summed E-state index contributed by atoms with van der Waals surface area (Å²) in [5, 5.41) is 13.2. The summed E-state index contributed by atoms with van der Waals surface area (Å²) in [5.41, 5.74) is -1.79. The lowest BCUT2D eigenvalue weighted by molar-refractivity contribution is -0.387. The lowest BCUT2D eigenvalue weighted by Gasteiger charge is -2.27. The van der Waals surface area contributed by atoms with Crippen LogP contribution in [0.25, 0.3) is 0 Å². The van der Waals surface area contributed by atoms with E-state index in [9.17, 15) is 23.7 Å². The molecule has 1 amide bonds. The fraction of sp³-hybridized carbons (Fsp3) is 0.500. The van der Waals surface area contributed by atoms with Gasteiger partial charge in [0.1, 0.15) is 11.4 Å². The third-order valence-corrected chi connectivity index (χ3v) is 3.77. The Hall–Kier alpha value is -2.05. The molecule has 2 atom stereocenters. The highest BCUT2D eigenvalue weighted by Crippen LogP contribution is 2.26. The van der Waals surface area contributed by atoms with Crippen molar-refractivity contribution >= 4 is 11.6 Å². The Morgan fingerprint density at radius 1 is 1.38 bits per heavy atom. The van der Waals surface area contributed by atoms with E-state index in [1.165, 1.54) is 0 Å². The van der Waals surface area contributed by atoms with Crippen molar-refractivity contribution in [1.29, 1.82) is 0 Å². The van der Waals surface area contributed by atoms with Crippen molar-refractivity contribution in [3.8, 4) is 0 Å². The molecule has 1 aliphatic carbocycles. The minimum atomic E-state index is -1.43. The zero-order valence-corrected chi connectivity index (χ0v) is 11.6. The summed E-state index contributed by atoms with van der Waals surface area (Å²) in [6.45, 7) is 2.05. The van der Waals surface area contributed by atoms with E-state index in [-0.39, 0.29) is 6.04 Å². The van der Waals surface area contributed by atoms with Gasteiger partial charge in [0.05, 0.1) is 4.92 Å². The van der Waals surface area contributed by atoms with E-state index in [1.807, 2.05) is 6.92 Å². The van der Waals surface area contributed by atoms with Gasteiger partial charge in [0.25, 0.3) is 5.91 Å². The normalized spacial score (nSPS) is 21.9. The number of rotatable bonds is 3. The maximum absolute atomic E-state index is 13.9. The number of nitrogens with zero attached hydrogens (tertiary/aromatic N) is 1. The Balaban J connectivity index is 2.22. The van der Waals surface area contributed by atoms with Crippen LogP contribution in [0.3, 0.4) is 0 Å². The highest BCUT2D eigenvalue weighted by Gasteiger charge is 2.28. The Morgan fingerprint density at radius 3 is 2.71 bits per heavy atom. The van der Waals surface area contributed by atoms with Crippen LogP contribution in [0.5, 0.6) is 0 Å². The molecule has 1 aliphatic rings. The summed E-state index contributed by atoms with van der Waals surface area (Å²) in [6, 6.07) is 1.29. The second kappa shape index (κ2) is 6.15. The second-order valence-electron chi connectivity index (χ2n) is 5.45. The number of benzene rings is 1. The number of hydrogen-bond acceptors (Lipinski definition) is 3. The van der Waals surface area contributed by atoms with Crippen molar-refractivity contribution in [2.24, 2.45) is 5.92 Å². The van der Waals surface area contributed by atoms with E-state index in [0.29, 0.717) is 12.0 Å². The van der Waals surface area contributed by atoms with E-state index in [1.54, 1.807) is 0 Å². The monoisotopic (exact) mass is 298 g/mol. The minimum Gasteiger partial charge on any atom is -0.349 e. The Bertz CT molecular complexity index is 578. The van der Waals surface area contributed by atoms with Gasteiger partial charge >= 0.3 is 5.69 Å². The van der Waals surface area contributed by atoms with E-state index in [0.717, 1.165) is 31.7 Å². The summed E-state index contributed by atoms with van der Waals surface area (Å²) in [6.07, 6.45) is 3.48. The Labute approximate surface area is 120 Å². The van der Waals surface area contributed by atoms with Gasteiger partial charge in [-0.1, -0.05) is 19.8 Å². The Kier molecular flexibility index (Phi) is 4.50. The maximum Gasteiger partial charge on any atom is 0.305 e. The topological polar surface area (TPSA) is 72.2 Å². The third-order valence-electron chi connectivity index (χ3n) is 3.77. The van der Waals surface area contributed by atoms with Crippen LogP contribution in [0.15, 0.2) is 12.1 Å². The number of carbonyl (C=O) groups is 1. The summed E-state index contributed by atoms with van der Waals surface area (Å²) < 4.78 is 27.6. The standard InChI is InChI=1S/C14H16F2N2O3/c1-8-3-2-4-9(7-8)17-14(19)12-10(15)5-6-11(13(12)16)18(20)21/h5-6,8-9H,2-4,7H2,1H3,(H,17,19). The predicted molar refractivity (Wildman–Crippen MR) is 71.9 cm³/mol. The van der Waals surface area contributed by atoms with Gasteiger partial charge in [-0.05, 0) is 24.8 Å². The van der Waals surface area contributed by atoms with Gasteiger partial charge in [0.15, 0.2) is 0 Å². The smallest absolute Gasteiger partial charge is 0.305 e. The van der Waals surface area contributed by atoms with Crippen molar-refractivity contribution < 1.29 is 18.5 Å². The molecular formula is C14H16F2N2O3. The molecule has 0 aromatic heterocycles. The van der Waals surface area contributed by atoms with Crippen LogP contribution < -0.4 is 5.32 Å². The van der Waals surface area contributed by atoms with Gasteiger partial charge in [0, 0.05) is 12.1 Å². The van der Waals surface area contributed by atoms with Crippen molar-refractivity contribution in [1.82, 2.24) is 5.32 Å². The largest absolute Gasteiger partial charge is 0.349 e. The quantitative estimate of drug-likeness (QED) is 0.688. The van der Waals surface area contributed by atoms with Crippen LogP contribution in [-0.2, 0) is 0 Å². The second-order valence-corrected chi connectivity index (χ2v) is 5.45. The van der Waals surface area contributed by atoms with Crippen molar-refractivity contribution in [3.05, 3.63) is 39.4 Å². The van der Waals surface area contributed by atoms with Gasteiger partial charge in [-0.2, -0.15) is 4.39 Å². The lowest BCUT2D eigenvalue weighted by Crippen LogP contribution is -2.38. The van der Waals surface area contributed by atoms with Crippen molar-refractivity contribution in [2.75, 3.05) is 0 Å². The summed E-state index contributed by atoms with van der Waals surface area (Å²) in [7, 11) is 0. The lowest BCUT2D eigenvalue weighted by atomic mass is 9.87. The molecule has 0 spiro atoms. The summed E-state index contributed by atoms with van der Waals surface area (Å²) >= 11 is 0. The van der Waals surface area contributed by atoms with Crippen LogP contribution in [0.1, 0.15) is 43.0 Å². The molecule has 1 aromatic rings. The summed E-state index contributed by atoms with van der Waals surface area (Å²) in [5.74, 6) is -3.03. The van der Waals surface area contributed by atoms with Gasteiger partial charge in [-0.3, -0.25) is 14.9 Å². The molecular weight excluding hydrogens is 282 g/mol. The molecule has 1 saturated carbocycles. The first-order valence-corrected chi connectivity index (χ1v) is 6.83. The first-order valence-electron chi connectivity index (χ1n) is 6.83. The SMILES string of the molecule is CC1CCCC(NC(=O)c2c(F)ccc([N+](=O)[O-])c2F)C1. The molecule has 2 rings (SSSR count). The molecule has 0 saturated heterocycles. The first-order chi connectivity index (χ1) is 9.90. The highest BCUT2D eigenvalue weighted by molar-refractivity contribution is 5.95. The highest BCUT2D eigenvalue weighted by atomic mass is 19.1. The van der Waals surface area contributed by atoms with Crippen LogP contribution in [0.4, 0.5) is 14.5 Å². The maximum atomic E-state index is 13.9. The fourth-order valence-electron chi connectivity index (χ4n) is 2.71. The molecule has 1 N–H and O–H groups in total. The number of nitro benzene ring substituents is 1. The number of hydrogen-bond donors (Lipinski definition) is 1. The van der Waals surface area contributed by atoms with Crippen molar-refractivity contribution in [2.45, 2.75) is 38.6 Å². The molecule has 0 aliphatic heterocycles. The van der Waals surface area contributed by atoms with Gasteiger partial charge in [-0.15, -0.1) is 0 Å². The molecule has 1 fully saturated rings. The molecule has 2 unspecified atom stereocenters. The molecule has 1 aromatic carbocycles. The Morgan fingerprint density at radius 2 is 2.10 bits per heavy atom. The van der Waals surface area contributed by atoms with E-state index in [2.05, 4.69) is 5.32 Å². The minimum absolute atomic E-state index is 0.153. The first kappa shape index (κ1) is 15.3. The third kappa shape index (κ3) is 3.34. The zero-order chi connectivity index (χ0) is 15.6. The molecule has 0 bridgehead atoms.